The average Bonchev–Trinajstić information content (AvgIpc) is 3.08. The van der Waals surface area contributed by atoms with Crippen LogP contribution in [0.3, 0.4) is 0 Å². The summed E-state index contributed by atoms with van der Waals surface area (Å²) in [6.07, 6.45) is 4.01. The fourth-order valence-electron chi connectivity index (χ4n) is 2.30. The number of hydrogen-bond donors (Lipinski definition) is 1. The number of aromatic nitrogens is 3. The van der Waals surface area contributed by atoms with E-state index in [1.807, 2.05) is 37.4 Å². The first-order valence-corrected chi connectivity index (χ1v) is 9.26. The van der Waals surface area contributed by atoms with Crippen LogP contribution in [0.2, 0.25) is 0 Å². The summed E-state index contributed by atoms with van der Waals surface area (Å²) in [5, 5.41) is 10.6. The number of nitrogens with zero attached hydrogens (tertiary/aromatic N) is 3. The van der Waals surface area contributed by atoms with Gasteiger partial charge in [0.1, 0.15) is 6.04 Å². The molecular weight excluding hydrogens is 340 g/mol. The van der Waals surface area contributed by atoms with Crippen LogP contribution >= 0.6 is 11.8 Å². The molecule has 0 aliphatic rings. The lowest BCUT2D eigenvalue weighted by atomic mass is 10.1. The Hall–Kier alpha value is -2.35. The molecule has 0 spiro atoms. The van der Waals surface area contributed by atoms with Crippen molar-refractivity contribution in [3.8, 4) is 0 Å². The van der Waals surface area contributed by atoms with Gasteiger partial charge in [-0.3, -0.25) is 4.79 Å². The number of aryl methyl sites for hydroxylation is 1. The SMILES string of the molecule is COC(=O)C(CCSC)NC(=O)c1cn(Cc2ccccc2C)nn1. The van der Waals surface area contributed by atoms with Gasteiger partial charge in [-0.05, 0) is 36.5 Å². The molecule has 0 aliphatic carbocycles. The summed E-state index contributed by atoms with van der Waals surface area (Å²) in [4.78, 5) is 24.1. The highest BCUT2D eigenvalue weighted by Crippen LogP contribution is 2.09. The Labute approximate surface area is 151 Å². The molecule has 0 aliphatic heterocycles. The van der Waals surface area contributed by atoms with E-state index >= 15 is 0 Å². The standard InChI is InChI=1S/C17H22N4O3S/c1-12-6-4-5-7-13(12)10-21-11-15(19-20-21)16(22)18-14(8-9-25-3)17(23)24-2/h4-7,11,14H,8-10H2,1-3H3,(H,18,22). The fourth-order valence-corrected chi connectivity index (χ4v) is 2.77. The predicted molar refractivity (Wildman–Crippen MR) is 96.6 cm³/mol. The Kier molecular flexibility index (Phi) is 7.00. The van der Waals surface area contributed by atoms with Gasteiger partial charge in [0.2, 0.25) is 0 Å². The number of carbonyl (C=O) groups is 2. The van der Waals surface area contributed by atoms with E-state index in [9.17, 15) is 9.59 Å². The van der Waals surface area contributed by atoms with Crippen LogP contribution in [0.15, 0.2) is 30.5 Å². The van der Waals surface area contributed by atoms with Gasteiger partial charge in [0, 0.05) is 0 Å². The smallest absolute Gasteiger partial charge is 0.328 e. The number of nitrogens with one attached hydrogen (secondary N) is 1. The summed E-state index contributed by atoms with van der Waals surface area (Å²) in [6.45, 7) is 2.55. The topological polar surface area (TPSA) is 86.1 Å². The van der Waals surface area contributed by atoms with E-state index in [1.54, 1.807) is 22.6 Å². The maximum atomic E-state index is 12.3. The molecule has 1 heterocycles. The molecule has 0 saturated heterocycles. The molecule has 1 N–H and O–H groups in total. The van der Waals surface area contributed by atoms with Crippen molar-refractivity contribution in [3.05, 3.63) is 47.3 Å². The molecule has 0 saturated carbocycles. The van der Waals surface area contributed by atoms with Crippen molar-refractivity contribution in [3.63, 3.8) is 0 Å². The Morgan fingerprint density at radius 2 is 2.12 bits per heavy atom. The average molecular weight is 362 g/mol. The molecule has 1 atom stereocenters. The van der Waals surface area contributed by atoms with E-state index in [-0.39, 0.29) is 5.69 Å². The van der Waals surface area contributed by atoms with Crippen molar-refractivity contribution in [2.45, 2.75) is 25.9 Å². The molecule has 8 heteroatoms. The zero-order valence-electron chi connectivity index (χ0n) is 14.6. The van der Waals surface area contributed by atoms with E-state index in [4.69, 9.17) is 4.74 Å². The van der Waals surface area contributed by atoms with Gasteiger partial charge in [-0.1, -0.05) is 29.5 Å². The van der Waals surface area contributed by atoms with E-state index in [1.165, 1.54) is 7.11 Å². The lowest BCUT2D eigenvalue weighted by Crippen LogP contribution is -2.42. The number of ether oxygens (including phenoxy) is 1. The van der Waals surface area contributed by atoms with Crippen LogP contribution in [-0.4, -0.2) is 52.0 Å². The largest absolute Gasteiger partial charge is 0.467 e. The van der Waals surface area contributed by atoms with Gasteiger partial charge in [0.15, 0.2) is 5.69 Å². The molecule has 1 amide bonds. The number of amides is 1. The minimum absolute atomic E-state index is 0.173. The van der Waals surface area contributed by atoms with Gasteiger partial charge < -0.3 is 10.1 Å². The van der Waals surface area contributed by atoms with Gasteiger partial charge in [0.05, 0.1) is 19.9 Å². The van der Waals surface area contributed by atoms with Crippen LogP contribution in [0, 0.1) is 6.92 Å². The Bertz CT molecular complexity index is 732. The number of methoxy groups -OCH3 is 1. The van der Waals surface area contributed by atoms with Crippen LogP contribution in [0.4, 0.5) is 0 Å². The van der Waals surface area contributed by atoms with Crippen molar-refractivity contribution in [1.29, 1.82) is 0 Å². The molecule has 2 rings (SSSR count). The molecule has 1 aromatic carbocycles. The highest BCUT2D eigenvalue weighted by Gasteiger charge is 2.23. The number of carbonyl (C=O) groups excluding carboxylic acids is 2. The number of thioether (sulfide) groups is 1. The van der Waals surface area contributed by atoms with Gasteiger partial charge in [0.25, 0.3) is 5.91 Å². The van der Waals surface area contributed by atoms with E-state index in [0.29, 0.717) is 13.0 Å². The van der Waals surface area contributed by atoms with Gasteiger partial charge in [-0.25, -0.2) is 9.48 Å². The Morgan fingerprint density at radius 3 is 2.80 bits per heavy atom. The molecule has 25 heavy (non-hydrogen) atoms. The predicted octanol–water partition coefficient (Wildman–Crippen LogP) is 1.66. The molecular formula is C17H22N4O3S. The van der Waals surface area contributed by atoms with Crippen LogP contribution < -0.4 is 5.32 Å². The van der Waals surface area contributed by atoms with Crippen LogP contribution in [0.1, 0.15) is 28.0 Å². The monoisotopic (exact) mass is 362 g/mol. The Morgan fingerprint density at radius 1 is 1.36 bits per heavy atom. The Balaban J connectivity index is 2.03. The van der Waals surface area contributed by atoms with Crippen molar-refractivity contribution < 1.29 is 14.3 Å². The first-order chi connectivity index (χ1) is 12.0. The first kappa shape index (κ1) is 19.0. The minimum Gasteiger partial charge on any atom is -0.467 e. The molecule has 7 nitrogen and oxygen atoms in total. The third-order valence-electron chi connectivity index (χ3n) is 3.77. The molecule has 0 radical (unpaired) electrons. The zero-order valence-corrected chi connectivity index (χ0v) is 15.4. The summed E-state index contributed by atoms with van der Waals surface area (Å²) < 4.78 is 6.34. The normalized spacial score (nSPS) is 11.8. The van der Waals surface area contributed by atoms with E-state index in [2.05, 4.69) is 15.6 Å². The summed E-state index contributed by atoms with van der Waals surface area (Å²) in [5.41, 5.74) is 2.42. The summed E-state index contributed by atoms with van der Waals surface area (Å²) in [7, 11) is 1.30. The second-order valence-electron chi connectivity index (χ2n) is 5.56. The van der Waals surface area contributed by atoms with Crippen LogP contribution in [0.25, 0.3) is 0 Å². The first-order valence-electron chi connectivity index (χ1n) is 7.87. The van der Waals surface area contributed by atoms with Crippen molar-refractivity contribution >= 4 is 23.6 Å². The maximum Gasteiger partial charge on any atom is 0.328 e. The highest BCUT2D eigenvalue weighted by atomic mass is 32.2. The molecule has 0 fully saturated rings. The minimum atomic E-state index is -0.688. The fraction of sp³-hybridized carbons (Fsp3) is 0.412. The lowest BCUT2D eigenvalue weighted by molar-refractivity contribution is -0.142. The van der Waals surface area contributed by atoms with Crippen molar-refractivity contribution in [2.75, 3.05) is 19.1 Å². The van der Waals surface area contributed by atoms with Gasteiger partial charge in [-0.2, -0.15) is 11.8 Å². The second kappa shape index (κ2) is 9.22. The zero-order chi connectivity index (χ0) is 18.2. The van der Waals surface area contributed by atoms with Gasteiger partial charge in [-0.15, -0.1) is 5.10 Å². The number of esters is 1. The number of rotatable bonds is 8. The molecule has 2 aromatic rings. The van der Waals surface area contributed by atoms with Crippen LogP contribution in [-0.2, 0) is 16.1 Å². The molecule has 1 aromatic heterocycles. The highest BCUT2D eigenvalue weighted by molar-refractivity contribution is 7.98. The number of benzene rings is 1. The quantitative estimate of drug-likeness (QED) is 0.719. The maximum absolute atomic E-state index is 12.3. The summed E-state index contributed by atoms with van der Waals surface area (Å²) >= 11 is 1.60. The summed E-state index contributed by atoms with van der Waals surface area (Å²) in [5.74, 6) is -0.165. The number of hydrogen-bond acceptors (Lipinski definition) is 6. The summed E-state index contributed by atoms with van der Waals surface area (Å²) in [6, 6.07) is 7.27. The van der Waals surface area contributed by atoms with Crippen molar-refractivity contribution in [2.24, 2.45) is 0 Å². The van der Waals surface area contributed by atoms with Crippen LogP contribution in [0.5, 0.6) is 0 Å². The van der Waals surface area contributed by atoms with Crippen molar-refractivity contribution in [1.82, 2.24) is 20.3 Å². The van der Waals surface area contributed by atoms with E-state index in [0.717, 1.165) is 16.9 Å². The lowest BCUT2D eigenvalue weighted by Gasteiger charge is -2.14. The molecule has 0 bridgehead atoms. The van der Waals surface area contributed by atoms with Gasteiger partial charge >= 0.3 is 5.97 Å². The third kappa shape index (κ3) is 5.32. The third-order valence-corrected chi connectivity index (χ3v) is 4.41. The van der Waals surface area contributed by atoms with E-state index < -0.39 is 17.9 Å². The molecule has 134 valence electrons. The molecule has 1 unspecified atom stereocenters. The second-order valence-corrected chi connectivity index (χ2v) is 6.54.